The molecule has 0 aliphatic rings. The Balaban J connectivity index is 2.40. The molecule has 0 saturated heterocycles. The summed E-state index contributed by atoms with van der Waals surface area (Å²) in [6.45, 7) is 5.05. The number of esters is 1. The van der Waals surface area contributed by atoms with E-state index in [-0.39, 0.29) is 22.4 Å². The van der Waals surface area contributed by atoms with Gasteiger partial charge in [0, 0.05) is 6.20 Å². The van der Waals surface area contributed by atoms with Gasteiger partial charge in [-0.15, -0.1) is 0 Å². The zero-order chi connectivity index (χ0) is 15.6. The van der Waals surface area contributed by atoms with E-state index in [2.05, 4.69) is 20.9 Å². The number of hydrogen-bond acceptors (Lipinski definition) is 5. The SMILES string of the molecule is CC(C)(C)OC(=O)Cn1c(-c2ccco2)ncc(Br)c1=O. The molecule has 0 saturated carbocycles. The second-order valence-corrected chi connectivity index (χ2v) is 6.24. The molecule has 0 aliphatic carbocycles. The Morgan fingerprint density at radius 2 is 2.19 bits per heavy atom. The molecule has 0 fully saturated rings. The Labute approximate surface area is 129 Å². The number of hydrogen-bond donors (Lipinski definition) is 0. The first kappa shape index (κ1) is 15.5. The number of furan rings is 1. The molecule has 0 spiro atoms. The van der Waals surface area contributed by atoms with E-state index in [0.29, 0.717) is 5.76 Å². The molecule has 2 heterocycles. The van der Waals surface area contributed by atoms with Gasteiger partial charge in [0.1, 0.15) is 16.6 Å². The van der Waals surface area contributed by atoms with Crippen molar-refractivity contribution in [1.29, 1.82) is 0 Å². The lowest BCUT2D eigenvalue weighted by Crippen LogP contribution is -2.32. The van der Waals surface area contributed by atoms with E-state index >= 15 is 0 Å². The molecule has 0 unspecified atom stereocenters. The number of carbonyl (C=O) groups excluding carboxylic acids is 1. The Morgan fingerprint density at radius 1 is 1.48 bits per heavy atom. The number of ether oxygens (including phenoxy) is 1. The van der Waals surface area contributed by atoms with Crippen molar-refractivity contribution in [3.63, 3.8) is 0 Å². The molecular formula is C14H15BrN2O4. The minimum absolute atomic E-state index is 0.238. The largest absolute Gasteiger partial charge is 0.461 e. The summed E-state index contributed by atoms with van der Waals surface area (Å²) in [4.78, 5) is 28.3. The lowest BCUT2D eigenvalue weighted by Gasteiger charge is -2.20. The standard InChI is InChI=1S/C14H15BrN2O4/c1-14(2,3)21-11(18)8-17-12(10-5-4-6-20-10)16-7-9(15)13(17)19/h4-7H,8H2,1-3H3. The lowest BCUT2D eigenvalue weighted by molar-refractivity contribution is -0.155. The fraction of sp³-hybridized carbons (Fsp3) is 0.357. The molecular weight excluding hydrogens is 340 g/mol. The van der Waals surface area contributed by atoms with Gasteiger partial charge in [0.2, 0.25) is 0 Å². The van der Waals surface area contributed by atoms with Crippen molar-refractivity contribution >= 4 is 21.9 Å². The maximum Gasteiger partial charge on any atom is 0.326 e. The summed E-state index contributed by atoms with van der Waals surface area (Å²) in [5.74, 6) is 0.166. The predicted molar refractivity (Wildman–Crippen MR) is 79.7 cm³/mol. The van der Waals surface area contributed by atoms with Gasteiger partial charge in [-0.1, -0.05) is 0 Å². The normalized spacial score (nSPS) is 11.4. The van der Waals surface area contributed by atoms with Gasteiger partial charge in [-0.05, 0) is 48.8 Å². The molecule has 7 heteroatoms. The summed E-state index contributed by atoms with van der Waals surface area (Å²) < 4.78 is 12.0. The third kappa shape index (κ3) is 3.81. The second-order valence-electron chi connectivity index (χ2n) is 5.38. The van der Waals surface area contributed by atoms with Crippen LogP contribution in [0.2, 0.25) is 0 Å². The molecule has 6 nitrogen and oxygen atoms in total. The molecule has 0 radical (unpaired) electrons. The number of aromatic nitrogens is 2. The van der Waals surface area contributed by atoms with Gasteiger partial charge >= 0.3 is 5.97 Å². The molecule has 112 valence electrons. The minimum atomic E-state index is -0.620. The van der Waals surface area contributed by atoms with E-state index in [1.165, 1.54) is 17.0 Å². The lowest BCUT2D eigenvalue weighted by atomic mass is 10.2. The smallest absolute Gasteiger partial charge is 0.326 e. The monoisotopic (exact) mass is 354 g/mol. The quantitative estimate of drug-likeness (QED) is 0.792. The average molecular weight is 355 g/mol. The number of nitrogens with zero attached hydrogens (tertiary/aromatic N) is 2. The average Bonchev–Trinajstić information content (AvgIpc) is 2.86. The summed E-state index contributed by atoms with van der Waals surface area (Å²) in [5.41, 5.74) is -0.993. The van der Waals surface area contributed by atoms with Gasteiger partial charge in [-0.2, -0.15) is 0 Å². The van der Waals surface area contributed by atoms with Crippen molar-refractivity contribution in [2.45, 2.75) is 32.9 Å². The summed E-state index contributed by atoms with van der Waals surface area (Å²) in [5, 5.41) is 0. The highest BCUT2D eigenvalue weighted by Gasteiger charge is 2.20. The molecule has 2 aromatic rings. The first-order valence-electron chi connectivity index (χ1n) is 6.29. The molecule has 0 bridgehead atoms. The molecule has 21 heavy (non-hydrogen) atoms. The summed E-state index contributed by atoms with van der Waals surface area (Å²) in [7, 11) is 0. The van der Waals surface area contributed by atoms with Gasteiger partial charge in [-0.25, -0.2) is 4.98 Å². The van der Waals surface area contributed by atoms with E-state index in [1.54, 1.807) is 32.9 Å². The fourth-order valence-electron chi connectivity index (χ4n) is 1.72. The topological polar surface area (TPSA) is 74.3 Å². The first-order chi connectivity index (χ1) is 9.78. The van der Waals surface area contributed by atoms with E-state index in [1.807, 2.05) is 0 Å². The van der Waals surface area contributed by atoms with E-state index < -0.39 is 11.6 Å². The molecule has 0 aliphatic heterocycles. The van der Waals surface area contributed by atoms with Crippen LogP contribution in [0.25, 0.3) is 11.6 Å². The highest BCUT2D eigenvalue weighted by Crippen LogP contribution is 2.18. The van der Waals surface area contributed by atoms with E-state index in [9.17, 15) is 9.59 Å². The zero-order valence-electron chi connectivity index (χ0n) is 11.9. The maximum absolute atomic E-state index is 12.2. The van der Waals surface area contributed by atoms with E-state index in [4.69, 9.17) is 9.15 Å². The third-order valence-electron chi connectivity index (χ3n) is 2.45. The van der Waals surface area contributed by atoms with Gasteiger partial charge < -0.3 is 9.15 Å². The highest BCUT2D eigenvalue weighted by atomic mass is 79.9. The molecule has 0 N–H and O–H groups in total. The van der Waals surface area contributed by atoms with Crippen LogP contribution in [-0.2, 0) is 16.1 Å². The zero-order valence-corrected chi connectivity index (χ0v) is 13.5. The maximum atomic E-state index is 12.2. The van der Waals surface area contributed by atoms with Crippen molar-refractivity contribution < 1.29 is 13.9 Å². The highest BCUT2D eigenvalue weighted by molar-refractivity contribution is 9.10. The molecule has 2 rings (SSSR count). The fourth-order valence-corrected chi connectivity index (χ4v) is 2.04. The van der Waals surface area contributed by atoms with Crippen LogP contribution in [0.5, 0.6) is 0 Å². The van der Waals surface area contributed by atoms with Crippen LogP contribution < -0.4 is 5.56 Å². The summed E-state index contributed by atoms with van der Waals surface area (Å²) in [6, 6.07) is 3.35. The van der Waals surface area contributed by atoms with Gasteiger partial charge in [0.15, 0.2) is 11.6 Å². The molecule has 0 aromatic carbocycles. The number of carbonyl (C=O) groups is 1. The summed E-state index contributed by atoms with van der Waals surface area (Å²) in [6.07, 6.45) is 2.85. The Bertz CT molecular complexity index is 699. The van der Waals surface area contributed by atoms with Gasteiger partial charge in [0.25, 0.3) is 5.56 Å². The van der Waals surface area contributed by atoms with Crippen molar-refractivity contribution in [1.82, 2.24) is 9.55 Å². The van der Waals surface area contributed by atoms with Crippen LogP contribution in [0.4, 0.5) is 0 Å². The van der Waals surface area contributed by atoms with Crippen LogP contribution in [0, 0.1) is 0 Å². The van der Waals surface area contributed by atoms with Crippen molar-refractivity contribution in [2.75, 3.05) is 0 Å². The third-order valence-corrected chi connectivity index (χ3v) is 3.00. The Hall–Kier alpha value is -1.89. The Kier molecular flexibility index (Phi) is 4.32. The van der Waals surface area contributed by atoms with Crippen LogP contribution in [0.15, 0.2) is 38.3 Å². The first-order valence-corrected chi connectivity index (χ1v) is 7.08. The predicted octanol–water partition coefficient (Wildman–Crippen LogP) is 2.61. The van der Waals surface area contributed by atoms with Crippen molar-refractivity contribution in [3.8, 4) is 11.6 Å². The van der Waals surface area contributed by atoms with Crippen molar-refractivity contribution in [3.05, 3.63) is 39.4 Å². The van der Waals surface area contributed by atoms with Gasteiger partial charge in [0.05, 0.1) is 6.26 Å². The Morgan fingerprint density at radius 3 is 2.76 bits per heavy atom. The van der Waals surface area contributed by atoms with E-state index in [0.717, 1.165) is 0 Å². The van der Waals surface area contributed by atoms with Crippen molar-refractivity contribution in [2.24, 2.45) is 0 Å². The molecule has 2 aromatic heterocycles. The van der Waals surface area contributed by atoms with Crippen LogP contribution >= 0.6 is 15.9 Å². The summed E-state index contributed by atoms with van der Waals surface area (Å²) >= 11 is 3.12. The second kappa shape index (κ2) is 5.85. The van der Waals surface area contributed by atoms with Gasteiger partial charge in [-0.3, -0.25) is 14.2 Å². The van der Waals surface area contributed by atoms with Crippen LogP contribution in [0.1, 0.15) is 20.8 Å². The minimum Gasteiger partial charge on any atom is -0.461 e. The molecule has 0 atom stereocenters. The number of halogens is 1. The van der Waals surface area contributed by atoms with Crippen LogP contribution in [0.3, 0.4) is 0 Å². The van der Waals surface area contributed by atoms with Crippen LogP contribution in [-0.4, -0.2) is 21.1 Å². The molecule has 0 amide bonds. The number of rotatable bonds is 3.